The first-order valence-electron chi connectivity index (χ1n) is 8.29. The van der Waals surface area contributed by atoms with Crippen LogP contribution in [0.2, 0.25) is 0 Å². The van der Waals surface area contributed by atoms with Crippen LogP contribution in [-0.4, -0.2) is 23.3 Å². The van der Waals surface area contributed by atoms with Crippen molar-refractivity contribution in [2.75, 3.05) is 11.8 Å². The molecule has 1 heterocycles. The van der Waals surface area contributed by atoms with E-state index in [1.54, 1.807) is 18.2 Å². The molecule has 0 atom stereocenters. The molecule has 0 N–H and O–H groups in total. The van der Waals surface area contributed by atoms with Gasteiger partial charge in [-0.1, -0.05) is 12.1 Å². The summed E-state index contributed by atoms with van der Waals surface area (Å²) < 4.78 is 5.91. The number of fused-ring (bicyclic) bond motifs is 3. The van der Waals surface area contributed by atoms with Gasteiger partial charge in [0, 0.05) is 40.9 Å². The van der Waals surface area contributed by atoms with E-state index in [2.05, 4.69) is 0 Å². The Kier molecular flexibility index (Phi) is 5.77. The average molecular weight is 377 g/mol. The zero-order valence-corrected chi connectivity index (χ0v) is 15.2. The Morgan fingerprint density at radius 3 is 2.32 bits per heavy atom. The minimum absolute atomic E-state index is 0.0173. The second-order valence-corrected chi connectivity index (χ2v) is 6.68. The summed E-state index contributed by atoms with van der Waals surface area (Å²) in [5.74, 6) is 1.00. The van der Waals surface area contributed by atoms with Gasteiger partial charge in [0.25, 0.3) is 0 Å². The molecule has 0 amide bonds. The molecule has 0 aliphatic heterocycles. The first-order chi connectivity index (χ1) is 12.2. The lowest BCUT2D eigenvalue weighted by Crippen LogP contribution is -1.99. The number of hydrogen-bond acceptors (Lipinski definition) is 3. The summed E-state index contributed by atoms with van der Waals surface area (Å²) in [4.78, 5) is 24.6. The van der Waals surface area contributed by atoms with Gasteiger partial charge < -0.3 is 4.42 Å². The topological polar surface area (TPSA) is 47.3 Å². The summed E-state index contributed by atoms with van der Waals surface area (Å²) >= 11 is 11.3. The van der Waals surface area contributed by atoms with Gasteiger partial charge in [-0.2, -0.15) is 0 Å². The Balaban J connectivity index is 2.05. The smallest absolute Gasteiger partial charge is 0.166 e. The molecular weight excluding hydrogens is 359 g/mol. The highest BCUT2D eigenvalue weighted by Gasteiger charge is 2.17. The van der Waals surface area contributed by atoms with Crippen LogP contribution < -0.4 is 0 Å². The number of Topliss-reactive ketones (excluding diaryl/α,β-unsaturated/α-hetero) is 2. The van der Waals surface area contributed by atoms with Gasteiger partial charge >= 0.3 is 0 Å². The lowest BCUT2D eigenvalue weighted by atomic mass is 10.0. The van der Waals surface area contributed by atoms with Crippen LogP contribution in [0.5, 0.6) is 0 Å². The molecule has 0 aliphatic rings. The standard InChI is InChI=1S/C20H18Cl2O3/c21-10-2-6-17(23)13-8-9-19-16(12-13)14-4-1-5-15(20(14)25-19)18(24)7-3-11-22/h1,4-5,8-9,12H,2-3,6-7,10-11H2. The highest BCUT2D eigenvalue weighted by molar-refractivity contribution is 6.18. The van der Waals surface area contributed by atoms with Crippen molar-refractivity contribution in [3.63, 3.8) is 0 Å². The van der Waals surface area contributed by atoms with Crippen LogP contribution in [0.4, 0.5) is 0 Å². The SMILES string of the molecule is O=C(CCCCl)c1ccc2oc3c(C(=O)CCCCl)cccc3c2c1. The van der Waals surface area contributed by atoms with Gasteiger partial charge in [-0.3, -0.25) is 9.59 Å². The fourth-order valence-electron chi connectivity index (χ4n) is 2.93. The van der Waals surface area contributed by atoms with Gasteiger partial charge in [0.2, 0.25) is 0 Å². The quantitative estimate of drug-likeness (QED) is 0.358. The van der Waals surface area contributed by atoms with Crippen LogP contribution in [0.3, 0.4) is 0 Å². The predicted octanol–water partition coefficient (Wildman–Crippen LogP) is 5.99. The third-order valence-electron chi connectivity index (χ3n) is 4.19. The van der Waals surface area contributed by atoms with Crippen molar-refractivity contribution >= 4 is 56.7 Å². The zero-order valence-electron chi connectivity index (χ0n) is 13.7. The lowest BCUT2D eigenvalue weighted by Gasteiger charge is -2.01. The van der Waals surface area contributed by atoms with E-state index in [0.29, 0.717) is 59.7 Å². The molecule has 2 aromatic carbocycles. The maximum Gasteiger partial charge on any atom is 0.166 e. The molecular formula is C20H18Cl2O3. The minimum atomic E-state index is 0.0173. The molecule has 0 aliphatic carbocycles. The molecule has 3 aromatic rings. The first kappa shape index (κ1) is 18.0. The Morgan fingerprint density at radius 2 is 1.60 bits per heavy atom. The van der Waals surface area contributed by atoms with Crippen molar-refractivity contribution in [3.8, 4) is 0 Å². The number of alkyl halides is 2. The van der Waals surface area contributed by atoms with E-state index < -0.39 is 0 Å². The summed E-state index contributed by atoms with van der Waals surface area (Å²) in [6.07, 6.45) is 2.11. The molecule has 130 valence electrons. The van der Waals surface area contributed by atoms with E-state index in [0.717, 1.165) is 10.8 Å². The number of ketones is 2. The molecule has 3 nitrogen and oxygen atoms in total. The Morgan fingerprint density at radius 1 is 0.880 bits per heavy atom. The minimum Gasteiger partial charge on any atom is -0.455 e. The lowest BCUT2D eigenvalue weighted by molar-refractivity contribution is 0.0974. The Hall–Kier alpha value is -1.84. The van der Waals surface area contributed by atoms with Crippen LogP contribution in [0.25, 0.3) is 21.9 Å². The summed E-state index contributed by atoms with van der Waals surface area (Å²) in [7, 11) is 0. The van der Waals surface area contributed by atoms with E-state index in [1.165, 1.54) is 0 Å². The second kappa shape index (κ2) is 8.03. The molecule has 3 rings (SSSR count). The number of rotatable bonds is 8. The molecule has 0 radical (unpaired) electrons. The van der Waals surface area contributed by atoms with Gasteiger partial charge in [0.1, 0.15) is 11.2 Å². The summed E-state index contributed by atoms with van der Waals surface area (Å²) in [6, 6.07) is 10.9. The third kappa shape index (κ3) is 3.73. The number of carbonyl (C=O) groups is 2. The van der Waals surface area contributed by atoms with Crippen LogP contribution in [0.1, 0.15) is 46.4 Å². The molecule has 5 heteroatoms. The monoisotopic (exact) mass is 376 g/mol. The summed E-state index contributed by atoms with van der Waals surface area (Å²) in [6.45, 7) is 0. The number of carbonyl (C=O) groups excluding carboxylic acids is 2. The Labute approximate surface area is 155 Å². The number of furan rings is 1. The van der Waals surface area contributed by atoms with Crippen molar-refractivity contribution in [1.29, 1.82) is 0 Å². The summed E-state index contributed by atoms with van der Waals surface area (Å²) in [5, 5.41) is 1.69. The van der Waals surface area contributed by atoms with E-state index in [1.807, 2.05) is 18.2 Å². The highest BCUT2D eigenvalue weighted by atomic mass is 35.5. The molecule has 0 unspecified atom stereocenters. The normalized spacial score (nSPS) is 11.3. The second-order valence-electron chi connectivity index (χ2n) is 5.93. The van der Waals surface area contributed by atoms with Crippen LogP contribution >= 0.6 is 23.2 Å². The van der Waals surface area contributed by atoms with Gasteiger partial charge in [-0.05, 0) is 37.1 Å². The van der Waals surface area contributed by atoms with Crippen LogP contribution in [0.15, 0.2) is 40.8 Å². The van der Waals surface area contributed by atoms with Crippen molar-refractivity contribution < 1.29 is 14.0 Å². The number of halogens is 2. The number of hydrogen-bond donors (Lipinski definition) is 0. The van der Waals surface area contributed by atoms with Crippen molar-refractivity contribution in [2.45, 2.75) is 25.7 Å². The molecule has 25 heavy (non-hydrogen) atoms. The molecule has 0 spiro atoms. The van der Waals surface area contributed by atoms with Gasteiger partial charge in [0.15, 0.2) is 11.6 Å². The fraction of sp³-hybridized carbons (Fsp3) is 0.300. The van der Waals surface area contributed by atoms with E-state index in [-0.39, 0.29) is 11.6 Å². The summed E-state index contributed by atoms with van der Waals surface area (Å²) in [5.41, 5.74) is 2.44. The number of para-hydroxylation sites is 1. The maximum absolute atomic E-state index is 12.4. The molecule has 0 fully saturated rings. The van der Waals surface area contributed by atoms with Crippen molar-refractivity contribution in [3.05, 3.63) is 47.5 Å². The molecule has 0 saturated heterocycles. The molecule has 0 bridgehead atoms. The van der Waals surface area contributed by atoms with E-state index in [9.17, 15) is 9.59 Å². The largest absolute Gasteiger partial charge is 0.455 e. The van der Waals surface area contributed by atoms with Crippen LogP contribution in [-0.2, 0) is 0 Å². The predicted molar refractivity (Wildman–Crippen MR) is 102 cm³/mol. The average Bonchev–Trinajstić information content (AvgIpc) is 3.01. The fourth-order valence-corrected chi connectivity index (χ4v) is 3.19. The Bertz CT molecular complexity index is 927. The molecule has 1 aromatic heterocycles. The highest BCUT2D eigenvalue weighted by Crippen LogP contribution is 2.32. The van der Waals surface area contributed by atoms with Crippen LogP contribution in [0, 0.1) is 0 Å². The van der Waals surface area contributed by atoms with Crippen molar-refractivity contribution in [2.24, 2.45) is 0 Å². The van der Waals surface area contributed by atoms with E-state index >= 15 is 0 Å². The number of benzene rings is 2. The van der Waals surface area contributed by atoms with E-state index in [4.69, 9.17) is 27.6 Å². The van der Waals surface area contributed by atoms with Gasteiger partial charge in [-0.25, -0.2) is 0 Å². The molecule has 0 saturated carbocycles. The first-order valence-corrected chi connectivity index (χ1v) is 9.36. The van der Waals surface area contributed by atoms with Gasteiger partial charge in [0.05, 0.1) is 5.56 Å². The van der Waals surface area contributed by atoms with Crippen molar-refractivity contribution in [1.82, 2.24) is 0 Å². The third-order valence-corrected chi connectivity index (χ3v) is 4.73. The van der Waals surface area contributed by atoms with Gasteiger partial charge in [-0.15, -0.1) is 23.2 Å². The maximum atomic E-state index is 12.4. The zero-order chi connectivity index (χ0) is 17.8.